The molecule has 3 rings (SSSR count). The van der Waals surface area contributed by atoms with E-state index in [1.807, 2.05) is 30.3 Å². The van der Waals surface area contributed by atoms with Gasteiger partial charge in [0.2, 0.25) is 0 Å². The first-order valence-electron chi connectivity index (χ1n) is 8.24. The Morgan fingerprint density at radius 1 is 1.08 bits per heavy atom. The molecular weight excluding hydrogens is 304 g/mol. The van der Waals surface area contributed by atoms with Gasteiger partial charge in [0, 0.05) is 39.1 Å². The summed E-state index contributed by atoms with van der Waals surface area (Å²) in [6.07, 6.45) is 0.391. The van der Waals surface area contributed by atoms with Gasteiger partial charge in [-0.3, -0.25) is 4.79 Å². The molecule has 0 atom stereocenters. The lowest BCUT2D eigenvalue weighted by molar-refractivity contribution is 0.0957. The smallest absolute Gasteiger partial charge is 0.168 e. The molecule has 24 heavy (non-hydrogen) atoms. The number of phenolic OH excluding ortho intramolecular Hbond substituents is 1. The maximum Gasteiger partial charge on any atom is 0.168 e. The minimum Gasteiger partial charge on any atom is -0.507 e. The highest BCUT2D eigenvalue weighted by atomic mass is 16.5. The second-order valence-electron chi connectivity index (χ2n) is 5.86. The Hall–Kier alpha value is -2.37. The van der Waals surface area contributed by atoms with E-state index < -0.39 is 0 Å². The molecule has 0 unspecified atom stereocenters. The number of aromatic hydroxyl groups is 1. The van der Waals surface area contributed by atoms with Crippen LogP contribution in [0.2, 0.25) is 0 Å². The molecule has 1 fully saturated rings. The standard InChI is InChI=1S/C19H22N2O3/c22-18-7-6-16(24-15-4-2-1-3-5-15)14-17(18)19(23)8-11-21-12-9-20-10-13-21/h1-7,14,20,22H,8-13H2. The number of piperazine rings is 1. The molecule has 5 heteroatoms. The molecule has 0 spiro atoms. The van der Waals surface area contributed by atoms with Gasteiger partial charge in [0.25, 0.3) is 0 Å². The van der Waals surface area contributed by atoms with Crippen molar-refractivity contribution in [3.8, 4) is 17.2 Å². The van der Waals surface area contributed by atoms with E-state index in [1.54, 1.807) is 12.1 Å². The van der Waals surface area contributed by atoms with E-state index in [1.165, 1.54) is 6.07 Å². The molecule has 0 radical (unpaired) electrons. The highest BCUT2D eigenvalue weighted by molar-refractivity contribution is 5.99. The van der Waals surface area contributed by atoms with Crippen molar-refractivity contribution in [3.05, 3.63) is 54.1 Å². The summed E-state index contributed by atoms with van der Waals surface area (Å²) in [7, 11) is 0. The third-order valence-electron chi connectivity index (χ3n) is 4.11. The Morgan fingerprint density at radius 3 is 2.58 bits per heavy atom. The molecule has 1 heterocycles. The zero-order chi connectivity index (χ0) is 16.8. The van der Waals surface area contributed by atoms with Gasteiger partial charge in [-0.05, 0) is 30.3 Å². The average Bonchev–Trinajstić information content (AvgIpc) is 2.63. The van der Waals surface area contributed by atoms with E-state index >= 15 is 0 Å². The summed E-state index contributed by atoms with van der Waals surface area (Å²) in [5.41, 5.74) is 0.318. The van der Waals surface area contributed by atoms with Crippen molar-refractivity contribution in [3.63, 3.8) is 0 Å². The lowest BCUT2D eigenvalue weighted by Gasteiger charge is -2.26. The van der Waals surface area contributed by atoms with E-state index in [2.05, 4.69) is 10.2 Å². The average molecular weight is 326 g/mol. The monoisotopic (exact) mass is 326 g/mol. The van der Waals surface area contributed by atoms with E-state index in [0.717, 1.165) is 26.2 Å². The summed E-state index contributed by atoms with van der Waals surface area (Å²) in [5, 5.41) is 13.3. The van der Waals surface area contributed by atoms with Gasteiger partial charge in [0.1, 0.15) is 17.2 Å². The van der Waals surface area contributed by atoms with Gasteiger partial charge in [-0.25, -0.2) is 0 Å². The Bertz CT molecular complexity index is 682. The van der Waals surface area contributed by atoms with Crippen molar-refractivity contribution in [1.29, 1.82) is 0 Å². The number of ketones is 1. The van der Waals surface area contributed by atoms with Crippen LogP contribution in [0.1, 0.15) is 16.8 Å². The lowest BCUT2D eigenvalue weighted by Crippen LogP contribution is -2.44. The van der Waals surface area contributed by atoms with Crippen molar-refractivity contribution in [2.24, 2.45) is 0 Å². The molecule has 126 valence electrons. The molecule has 0 aliphatic carbocycles. The SMILES string of the molecule is O=C(CCN1CCNCC1)c1cc(Oc2ccccc2)ccc1O. The van der Waals surface area contributed by atoms with Crippen LogP contribution < -0.4 is 10.1 Å². The lowest BCUT2D eigenvalue weighted by atomic mass is 10.1. The summed E-state index contributed by atoms with van der Waals surface area (Å²) in [6, 6.07) is 14.2. The van der Waals surface area contributed by atoms with Gasteiger partial charge in [0.15, 0.2) is 5.78 Å². The first kappa shape index (κ1) is 16.5. The first-order valence-corrected chi connectivity index (χ1v) is 8.24. The van der Waals surface area contributed by atoms with Crippen LogP contribution in [-0.2, 0) is 0 Å². The normalized spacial score (nSPS) is 15.2. The summed E-state index contributed by atoms with van der Waals surface area (Å²) < 4.78 is 5.74. The van der Waals surface area contributed by atoms with E-state index in [0.29, 0.717) is 30.0 Å². The van der Waals surface area contributed by atoms with Crippen LogP contribution in [0.3, 0.4) is 0 Å². The molecule has 2 N–H and O–H groups in total. The van der Waals surface area contributed by atoms with Crippen molar-refractivity contribution in [1.82, 2.24) is 10.2 Å². The Balaban J connectivity index is 1.65. The second kappa shape index (κ2) is 7.95. The summed E-state index contributed by atoms with van der Waals surface area (Å²) >= 11 is 0. The molecule has 0 aromatic heterocycles. The maximum atomic E-state index is 12.5. The van der Waals surface area contributed by atoms with Crippen molar-refractivity contribution in [2.75, 3.05) is 32.7 Å². The molecule has 2 aromatic carbocycles. The van der Waals surface area contributed by atoms with Crippen molar-refractivity contribution >= 4 is 5.78 Å². The van der Waals surface area contributed by atoms with Gasteiger partial charge < -0.3 is 20.1 Å². The number of para-hydroxylation sites is 1. The van der Waals surface area contributed by atoms with Crippen LogP contribution in [0, 0.1) is 0 Å². The fourth-order valence-corrected chi connectivity index (χ4v) is 2.76. The number of benzene rings is 2. The quantitative estimate of drug-likeness (QED) is 0.799. The van der Waals surface area contributed by atoms with Crippen molar-refractivity contribution in [2.45, 2.75) is 6.42 Å². The minimum absolute atomic E-state index is 0.000669. The van der Waals surface area contributed by atoms with Crippen molar-refractivity contribution < 1.29 is 14.6 Å². The summed E-state index contributed by atoms with van der Waals surface area (Å²) in [5.74, 6) is 1.18. The molecule has 0 bridgehead atoms. The number of Topliss-reactive ketones (excluding diaryl/α,β-unsaturated/α-hetero) is 1. The van der Waals surface area contributed by atoms with Gasteiger partial charge in [0.05, 0.1) is 5.56 Å². The Morgan fingerprint density at radius 2 is 1.83 bits per heavy atom. The molecular formula is C19H22N2O3. The molecule has 1 aliphatic rings. The van der Waals surface area contributed by atoms with Gasteiger partial charge in [-0.2, -0.15) is 0 Å². The van der Waals surface area contributed by atoms with Gasteiger partial charge in [-0.1, -0.05) is 18.2 Å². The number of nitrogens with one attached hydrogen (secondary N) is 1. The highest BCUT2D eigenvalue weighted by Crippen LogP contribution is 2.27. The maximum absolute atomic E-state index is 12.5. The fraction of sp³-hybridized carbons (Fsp3) is 0.316. The number of nitrogens with zero attached hydrogens (tertiary/aromatic N) is 1. The van der Waals surface area contributed by atoms with Gasteiger partial charge >= 0.3 is 0 Å². The zero-order valence-electron chi connectivity index (χ0n) is 13.6. The fourth-order valence-electron chi connectivity index (χ4n) is 2.76. The largest absolute Gasteiger partial charge is 0.507 e. The number of carbonyl (C=O) groups is 1. The molecule has 0 amide bonds. The summed E-state index contributed by atoms with van der Waals surface area (Å²) in [4.78, 5) is 14.7. The van der Waals surface area contributed by atoms with Crippen LogP contribution in [0.25, 0.3) is 0 Å². The van der Waals surface area contributed by atoms with Gasteiger partial charge in [-0.15, -0.1) is 0 Å². The third kappa shape index (κ3) is 4.34. The van der Waals surface area contributed by atoms with E-state index in [4.69, 9.17) is 4.74 Å². The Labute approximate surface area is 141 Å². The topological polar surface area (TPSA) is 61.8 Å². The van der Waals surface area contributed by atoms with Crippen LogP contribution in [0.4, 0.5) is 0 Å². The van der Waals surface area contributed by atoms with Crippen LogP contribution in [0.5, 0.6) is 17.2 Å². The second-order valence-corrected chi connectivity index (χ2v) is 5.86. The molecule has 1 aliphatic heterocycles. The molecule has 1 saturated heterocycles. The molecule has 5 nitrogen and oxygen atoms in total. The summed E-state index contributed by atoms with van der Waals surface area (Å²) in [6.45, 7) is 4.54. The van der Waals surface area contributed by atoms with Crippen LogP contribution in [0.15, 0.2) is 48.5 Å². The number of hydrogen-bond donors (Lipinski definition) is 2. The Kier molecular flexibility index (Phi) is 5.46. The van der Waals surface area contributed by atoms with E-state index in [-0.39, 0.29) is 11.5 Å². The number of rotatable bonds is 6. The molecule has 2 aromatic rings. The first-order chi connectivity index (χ1) is 11.7. The van der Waals surface area contributed by atoms with Crippen LogP contribution in [-0.4, -0.2) is 48.5 Å². The number of carbonyl (C=O) groups excluding carboxylic acids is 1. The minimum atomic E-state index is -0.0652. The van der Waals surface area contributed by atoms with Crippen LogP contribution >= 0.6 is 0 Å². The highest BCUT2D eigenvalue weighted by Gasteiger charge is 2.16. The predicted molar refractivity (Wildman–Crippen MR) is 92.9 cm³/mol. The third-order valence-corrected chi connectivity index (χ3v) is 4.11. The predicted octanol–water partition coefficient (Wildman–Crippen LogP) is 2.66. The zero-order valence-corrected chi connectivity index (χ0v) is 13.6. The number of hydrogen-bond acceptors (Lipinski definition) is 5. The van der Waals surface area contributed by atoms with E-state index in [9.17, 15) is 9.90 Å². The number of ether oxygens (including phenoxy) is 1. The molecule has 0 saturated carbocycles. The number of phenols is 1.